The Hall–Kier alpha value is -3.86. The average Bonchev–Trinajstić information content (AvgIpc) is 2.93. The van der Waals surface area contributed by atoms with Crippen molar-refractivity contribution in [2.24, 2.45) is 0 Å². The van der Waals surface area contributed by atoms with Gasteiger partial charge in [0.05, 0.1) is 11.5 Å². The number of anilines is 1. The van der Waals surface area contributed by atoms with Crippen molar-refractivity contribution in [3.8, 4) is 5.75 Å². The summed E-state index contributed by atoms with van der Waals surface area (Å²) in [5.74, 6) is -0.459. The number of nitro groups is 1. The number of rotatable bonds is 15. The zero-order valence-corrected chi connectivity index (χ0v) is 24.9. The minimum absolute atomic E-state index is 0.0834. The molecular weight excluding hydrogens is 585 g/mol. The molecule has 0 radical (unpaired) electrons. The number of carboxylic acids is 1. The molecule has 10 nitrogen and oxygen atoms in total. The molecule has 0 aromatic heterocycles. The maximum absolute atomic E-state index is 13.2. The van der Waals surface area contributed by atoms with E-state index in [0.717, 1.165) is 11.1 Å². The number of urea groups is 1. The van der Waals surface area contributed by atoms with E-state index in [4.69, 9.17) is 32.7 Å². The van der Waals surface area contributed by atoms with Crippen molar-refractivity contribution in [2.75, 3.05) is 31.6 Å². The molecule has 0 spiro atoms. The van der Waals surface area contributed by atoms with Crippen molar-refractivity contribution in [2.45, 2.75) is 39.2 Å². The highest BCUT2D eigenvalue weighted by Crippen LogP contribution is 2.23. The van der Waals surface area contributed by atoms with Crippen LogP contribution in [0.1, 0.15) is 30.0 Å². The van der Waals surface area contributed by atoms with Crippen molar-refractivity contribution in [3.63, 3.8) is 0 Å². The van der Waals surface area contributed by atoms with E-state index in [2.05, 4.69) is 5.32 Å². The van der Waals surface area contributed by atoms with Crippen LogP contribution >= 0.6 is 23.2 Å². The van der Waals surface area contributed by atoms with Crippen LogP contribution in [0.5, 0.6) is 5.75 Å². The second-order valence-corrected chi connectivity index (χ2v) is 10.4. The van der Waals surface area contributed by atoms with Crippen molar-refractivity contribution < 1.29 is 29.1 Å². The number of aryl methyl sites for hydroxylation is 2. The molecule has 42 heavy (non-hydrogen) atoms. The van der Waals surface area contributed by atoms with Crippen LogP contribution in [0.4, 0.5) is 16.2 Å². The molecule has 2 amide bonds. The quantitative estimate of drug-likeness (QED) is 0.142. The summed E-state index contributed by atoms with van der Waals surface area (Å²) in [6.45, 7) is 4.47. The summed E-state index contributed by atoms with van der Waals surface area (Å²) in [5.41, 5.74) is 2.45. The lowest BCUT2D eigenvalue weighted by molar-refractivity contribution is -0.385. The van der Waals surface area contributed by atoms with Crippen molar-refractivity contribution >= 4 is 46.6 Å². The van der Waals surface area contributed by atoms with Crippen LogP contribution in [0.3, 0.4) is 0 Å². The van der Waals surface area contributed by atoms with Crippen LogP contribution in [0.2, 0.25) is 10.0 Å². The predicted molar refractivity (Wildman–Crippen MR) is 162 cm³/mol. The van der Waals surface area contributed by atoms with Crippen LogP contribution in [-0.2, 0) is 22.4 Å². The van der Waals surface area contributed by atoms with Gasteiger partial charge in [-0.2, -0.15) is 0 Å². The van der Waals surface area contributed by atoms with Crippen LogP contribution in [0.15, 0.2) is 60.7 Å². The number of nitro benzene ring substituents is 1. The van der Waals surface area contributed by atoms with Gasteiger partial charge in [0, 0.05) is 46.9 Å². The number of hydrogen-bond acceptors (Lipinski definition) is 6. The summed E-state index contributed by atoms with van der Waals surface area (Å²) < 4.78 is 11.1. The Balaban J connectivity index is 1.64. The largest absolute Gasteiger partial charge is 0.492 e. The molecule has 3 aromatic rings. The number of amides is 2. The first-order valence-electron chi connectivity index (χ1n) is 13.4. The molecule has 0 aliphatic carbocycles. The molecule has 0 saturated carbocycles. The third-order valence-corrected chi connectivity index (χ3v) is 6.81. The number of hydrogen-bond donors (Lipinski definition) is 2. The van der Waals surface area contributed by atoms with Gasteiger partial charge >= 0.3 is 12.0 Å². The molecule has 0 aliphatic heterocycles. The van der Waals surface area contributed by atoms with E-state index in [1.54, 1.807) is 61.2 Å². The monoisotopic (exact) mass is 617 g/mol. The lowest BCUT2D eigenvalue weighted by atomic mass is 10.1. The Morgan fingerprint density at radius 1 is 1.02 bits per heavy atom. The van der Waals surface area contributed by atoms with Gasteiger partial charge in [0.25, 0.3) is 5.69 Å². The number of nitrogens with one attached hydrogen (secondary N) is 1. The van der Waals surface area contributed by atoms with Gasteiger partial charge < -0.3 is 24.8 Å². The molecule has 3 aromatic carbocycles. The lowest BCUT2D eigenvalue weighted by Gasteiger charge is -2.23. The van der Waals surface area contributed by atoms with Crippen LogP contribution in [-0.4, -0.2) is 59.3 Å². The first-order chi connectivity index (χ1) is 20.0. The molecule has 12 heteroatoms. The van der Waals surface area contributed by atoms with E-state index in [-0.39, 0.29) is 25.3 Å². The first kappa shape index (κ1) is 32.7. The SMILES string of the molecule is CCOC(Cc1ccc(OCCN(CCCc2cc(Cl)cc(Cl)c2)C(=O)Nc2ccc(C)c([N+](=O)[O-])c2)cc1)C(=O)O. The van der Waals surface area contributed by atoms with Gasteiger partial charge in [-0.15, -0.1) is 0 Å². The third kappa shape index (κ3) is 10.2. The van der Waals surface area contributed by atoms with Gasteiger partial charge in [-0.1, -0.05) is 41.4 Å². The fraction of sp³-hybridized carbons (Fsp3) is 0.333. The minimum atomic E-state index is -1.02. The average molecular weight is 619 g/mol. The zero-order chi connectivity index (χ0) is 30.6. The fourth-order valence-electron chi connectivity index (χ4n) is 4.26. The molecule has 0 bridgehead atoms. The highest BCUT2D eigenvalue weighted by atomic mass is 35.5. The van der Waals surface area contributed by atoms with E-state index in [9.17, 15) is 24.8 Å². The molecule has 224 valence electrons. The second-order valence-electron chi connectivity index (χ2n) is 9.54. The van der Waals surface area contributed by atoms with Crippen molar-refractivity contribution in [1.82, 2.24) is 4.90 Å². The Labute approximate surface area is 254 Å². The molecule has 0 aliphatic rings. The van der Waals surface area contributed by atoms with E-state index in [0.29, 0.717) is 53.0 Å². The summed E-state index contributed by atoms with van der Waals surface area (Å²) in [7, 11) is 0. The molecule has 0 saturated heterocycles. The van der Waals surface area contributed by atoms with Crippen molar-refractivity contribution in [1.29, 1.82) is 0 Å². The van der Waals surface area contributed by atoms with Crippen LogP contribution in [0.25, 0.3) is 0 Å². The number of carbonyl (C=O) groups is 2. The number of halogens is 2. The molecule has 3 rings (SSSR count). The van der Waals surface area contributed by atoms with Gasteiger partial charge in [-0.3, -0.25) is 10.1 Å². The summed E-state index contributed by atoms with van der Waals surface area (Å²) in [6, 6.07) is 16.4. The highest BCUT2D eigenvalue weighted by Gasteiger charge is 2.19. The number of carbonyl (C=O) groups excluding carboxylic acids is 1. The smallest absolute Gasteiger partial charge is 0.333 e. The number of nitrogens with zero attached hydrogens (tertiary/aromatic N) is 2. The Kier molecular flexibility index (Phi) is 12.4. The van der Waals surface area contributed by atoms with Gasteiger partial charge in [0.15, 0.2) is 6.10 Å². The Morgan fingerprint density at radius 2 is 1.71 bits per heavy atom. The van der Waals surface area contributed by atoms with E-state index in [1.807, 2.05) is 12.1 Å². The molecule has 2 N–H and O–H groups in total. The maximum atomic E-state index is 13.2. The Morgan fingerprint density at radius 3 is 2.33 bits per heavy atom. The number of benzene rings is 3. The summed E-state index contributed by atoms with van der Waals surface area (Å²) in [5, 5.41) is 24.5. The van der Waals surface area contributed by atoms with Crippen LogP contribution < -0.4 is 10.1 Å². The topological polar surface area (TPSA) is 131 Å². The molecule has 1 atom stereocenters. The highest BCUT2D eigenvalue weighted by molar-refractivity contribution is 6.34. The number of ether oxygens (including phenoxy) is 2. The van der Waals surface area contributed by atoms with E-state index < -0.39 is 23.0 Å². The van der Waals surface area contributed by atoms with Gasteiger partial charge in [-0.25, -0.2) is 9.59 Å². The lowest BCUT2D eigenvalue weighted by Crippen LogP contribution is -2.38. The second kappa shape index (κ2) is 16.0. The molecule has 0 heterocycles. The summed E-state index contributed by atoms with van der Waals surface area (Å²) in [4.78, 5) is 37.0. The molecule has 1 unspecified atom stereocenters. The van der Waals surface area contributed by atoms with Crippen LogP contribution in [0, 0.1) is 17.0 Å². The third-order valence-electron chi connectivity index (χ3n) is 6.38. The molecular formula is C30H33Cl2N3O7. The normalized spacial score (nSPS) is 11.5. The van der Waals surface area contributed by atoms with E-state index >= 15 is 0 Å². The fourth-order valence-corrected chi connectivity index (χ4v) is 4.83. The maximum Gasteiger partial charge on any atom is 0.333 e. The summed E-state index contributed by atoms with van der Waals surface area (Å²) >= 11 is 12.2. The van der Waals surface area contributed by atoms with Crippen molar-refractivity contribution in [3.05, 3.63) is 97.5 Å². The summed E-state index contributed by atoms with van der Waals surface area (Å²) in [6.07, 6.45) is 0.539. The molecule has 0 fully saturated rings. The number of carboxylic acid groups (broad SMARTS) is 1. The zero-order valence-electron chi connectivity index (χ0n) is 23.3. The van der Waals surface area contributed by atoms with E-state index in [1.165, 1.54) is 6.07 Å². The Bertz CT molecular complexity index is 1370. The predicted octanol–water partition coefficient (Wildman–Crippen LogP) is 6.79. The first-order valence-corrected chi connectivity index (χ1v) is 14.1. The number of aliphatic carboxylic acids is 1. The minimum Gasteiger partial charge on any atom is -0.492 e. The standard InChI is InChI=1S/C30H33Cl2N3O7/c1-3-41-28(29(36)37)17-21-7-10-26(11-8-21)42-14-13-34(12-4-5-22-15-23(31)18-24(32)16-22)30(38)33-25-9-6-20(2)27(19-25)35(39)40/h6-11,15-16,18-19,28H,3-5,12-14,17H2,1-2H3,(H,33,38)(H,36,37). The van der Waals surface area contributed by atoms with Gasteiger partial charge in [0.2, 0.25) is 0 Å². The van der Waals surface area contributed by atoms with Gasteiger partial charge in [-0.05, 0) is 74.2 Å². The van der Waals surface area contributed by atoms with Gasteiger partial charge in [0.1, 0.15) is 12.4 Å².